The molecule has 1 aromatic carbocycles. The number of likely N-dealkylation sites (N-methyl/N-ethyl adjacent to an activating group) is 1. The van der Waals surface area contributed by atoms with E-state index in [4.69, 9.17) is 11.6 Å². The van der Waals surface area contributed by atoms with Crippen molar-refractivity contribution in [1.29, 1.82) is 0 Å². The Morgan fingerprint density at radius 3 is 2.56 bits per heavy atom. The summed E-state index contributed by atoms with van der Waals surface area (Å²) in [6.45, 7) is 1.89. The number of hydrogen-bond acceptors (Lipinski definition) is 3. The van der Waals surface area contributed by atoms with E-state index in [1.807, 2.05) is 0 Å². The second-order valence-electron chi connectivity index (χ2n) is 6.35. The number of carbonyl (C=O) groups excluding carboxylic acids is 1. The minimum atomic E-state index is -4.49. The van der Waals surface area contributed by atoms with Crippen molar-refractivity contribution in [3.8, 4) is 0 Å². The van der Waals surface area contributed by atoms with Crippen LogP contribution in [0.5, 0.6) is 0 Å². The number of pyridine rings is 1. The Bertz CT molecular complexity index is 887. The summed E-state index contributed by atoms with van der Waals surface area (Å²) in [5.41, 5.74) is -0.190. The van der Waals surface area contributed by atoms with E-state index in [1.54, 1.807) is 0 Å². The third-order valence-electron chi connectivity index (χ3n) is 4.49. The fourth-order valence-electron chi connectivity index (χ4n) is 2.92. The third-order valence-corrected chi connectivity index (χ3v) is 4.78. The summed E-state index contributed by atoms with van der Waals surface area (Å²) < 4.78 is 52.4. The van der Waals surface area contributed by atoms with Gasteiger partial charge in [0.15, 0.2) is 0 Å². The van der Waals surface area contributed by atoms with E-state index in [2.05, 4.69) is 4.98 Å². The molecule has 1 aliphatic heterocycles. The molecule has 9 heteroatoms. The van der Waals surface area contributed by atoms with Crippen LogP contribution in [0.4, 0.5) is 29.1 Å². The molecule has 1 aliphatic rings. The van der Waals surface area contributed by atoms with Crippen LogP contribution >= 0.6 is 11.6 Å². The molecule has 1 saturated heterocycles. The molecule has 1 atom stereocenters. The van der Waals surface area contributed by atoms with Crippen LogP contribution in [0.15, 0.2) is 30.3 Å². The van der Waals surface area contributed by atoms with Crippen LogP contribution in [0.25, 0.3) is 0 Å². The van der Waals surface area contributed by atoms with Crippen molar-refractivity contribution in [2.75, 3.05) is 23.4 Å². The monoisotopic (exact) mass is 401 g/mol. The number of hydrogen-bond donors (Lipinski definition) is 0. The summed E-state index contributed by atoms with van der Waals surface area (Å²) in [6.07, 6.45) is -4.01. The normalized spacial score (nSPS) is 16.9. The lowest BCUT2D eigenvalue weighted by Crippen LogP contribution is -2.57. The molecule has 2 aromatic rings. The van der Waals surface area contributed by atoms with Crippen LogP contribution in [0, 0.1) is 12.7 Å². The molecule has 1 fully saturated rings. The van der Waals surface area contributed by atoms with Crippen LogP contribution in [0.3, 0.4) is 0 Å². The fourth-order valence-corrected chi connectivity index (χ4v) is 3.10. The number of carbonyl (C=O) groups is 1. The first-order valence-electron chi connectivity index (χ1n) is 8.13. The first kappa shape index (κ1) is 19.4. The van der Waals surface area contributed by atoms with Gasteiger partial charge in [-0.3, -0.25) is 4.79 Å². The minimum absolute atomic E-state index is 0.109. The SMILES string of the molecule is Cc1cc(C(F)(F)F)cc(N2CC[C@H]2C(=O)N(C)c2ccc(F)c(Cl)c2)n1. The molecule has 0 N–H and O–H groups in total. The van der Waals surface area contributed by atoms with Crippen molar-refractivity contribution in [1.82, 2.24) is 4.98 Å². The molecule has 27 heavy (non-hydrogen) atoms. The number of nitrogens with zero attached hydrogens (tertiary/aromatic N) is 3. The predicted octanol–water partition coefficient (Wildman–Crippen LogP) is 4.44. The summed E-state index contributed by atoms with van der Waals surface area (Å²) in [4.78, 5) is 19.8. The molecule has 0 aliphatic carbocycles. The molecule has 144 valence electrons. The molecule has 0 saturated carbocycles. The quantitative estimate of drug-likeness (QED) is 0.713. The first-order chi connectivity index (χ1) is 12.6. The number of halogens is 5. The van der Waals surface area contributed by atoms with E-state index in [-0.39, 0.29) is 22.4 Å². The highest BCUT2D eigenvalue weighted by Gasteiger charge is 2.39. The lowest BCUT2D eigenvalue weighted by molar-refractivity contribution is -0.137. The molecule has 0 radical (unpaired) electrons. The molecule has 2 heterocycles. The molecule has 4 nitrogen and oxygen atoms in total. The second kappa shape index (κ2) is 6.99. The number of aromatic nitrogens is 1. The van der Waals surface area contributed by atoms with Gasteiger partial charge in [-0.1, -0.05) is 11.6 Å². The molecular formula is C18H16ClF4N3O. The van der Waals surface area contributed by atoms with Crippen molar-refractivity contribution in [3.63, 3.8) is 0 Å². The summed E-state index contributed by atoms with van der Waals surface area (Å²) in [5, 5.41) is -0.118. The van der Waals surface area contributed by atoms with E-state index < -0.39 is 23.6 Å². The number of anilines is 2. The second-order valence-corrected chi connectivity index (χ2v) is 6.75. The van der Waals surface area contributed by atoms with Gasteiger partial charge < -0.3 is 9.80 Å². The van der Waals surface area contributed by atoms with E-state index in [9.17, 15) is 22.4 Å². The topological polar surface area (TPSA) is 36.4 Å². The highest BCUT2D eigenvalue weighted by Crippen LogP contribution is 2.34. The van der Waals surface area contributed by atoms with Gasteiger partial charge in [0, 0.05) is 25.0 Å². The molecule has 1 aromatic heterocycles. The van der Waals surface area contributed by atoms with Crippen LogP contribution in [-0.2, 0) is 11.0 Å². The van der Waals surface area contributed by atoms with Crippen molar-refractivity contribution in [2.24, 2.45) is 0 Å². The van der Waals surface area contributed by atoms with Gasteiger partial charge in [0.05, 0.1) is 10.6 Å². The highest BCUT2D eigenvalue weighted by molar-refractivity contribution is 6.31. The lowest BCUT2D eigenvalue weighted by atomic mass is 10.0. The van der Waals surface area contributed by atoms with Crippen LogP contribution in [0.2, 0.25) is 5.02 Å². The largest absolute Gasteiger partial charge is 0.416 e. The van der Waals surface area contributed by atoms with Crippen molar-refractivity contribution in [2.45, 2.75) is 25.6 Å². The Hall–Kier alpha value is -2.35. The van der Waals surface area contributed by atoms with Crippen LogP contribution < -0.4 is 9.80 Å². The van der Waals surface area contributed by atoms with Crippen LogP contribution in [-0.4, -0.2) is 30.5 Å². The Morgan fingerprint density at radius 1 is 1.30 bits per heavy atom. The van der Waals surface area contributed by atoms with Gasteiger partial charge in [0.25, 0.3) is 0 Å². The minimum Gasteiger partial charge on any atom is -0.344 e. The lowest BCUT2D eigenvalue weighted by Gasteiger charge is -2.42. The smallest absolute Gasteiger partial charge is 0.344 e. The van der Waals surface area contributed by atoms with Crippen molar-refractivity contribution < 1.29 is 22.4 Å². The third kappa shape index (κ3) is 3.85. The predicted molar refractivity (Wildman–Crippen MR) is 94.5 cm³/mol. The average molecular weight is 402 g/mol. The molecule has 3 rings (SSSR count). The fraction of sp³-hybridized carbons (Fsp3) is 0.333. The zero-order valence-corrected chi connectivity index (χ0v) is 15.3. The van der Waals surface area contributed by atoms with E-state index in [0.717, 1.165) is 18.2 Å². The average Bonchev–Trinajstić information content (AvgIpc) is 2.54. The molecule has 1 amide bonds. The maximum atomic E-state index is 13.3. The summed E-state index contributed by atoms with van der Waals surface area (Å²) in [5.74, 6) is -0.826. The Balaban J connectivity index is 1.84. The summed E-state index contributed by atoms with van der Waals surface area (Å²) in [6, 6.07) is 5.15. The molecular weight excluding hydrogens is 386 g/mol. The van der Waals surface area contributed by atoms with Crippen molar-refractivity contribution in [3.05, 3.63) is 52.4 Å². The van der Waals surface area contributed by atoms with Gasteiger partial charge in [0.2, 0.25) is 5.91 Å². The van der Waals surface area contributed by atoms with Gasteiger partial charge in [-0.05, 0) is 43.7 Å². The highest BCUT2D eigenvalue weighted by atomic mass is 35.5. The molecule has 0 unspecified atom stereocenters. The number of rotatable bonds is 3. The van der Waals surface area contributed by atoms with E-state index in [0.29, 0.717) is 18.7 Å². The van der Waals surface area contributed by atoms with Gasteiger partial charge in [-0.2, -0.15) is 13.2 Å². The maximum absolute atomic E-state index is 13.3. The van der Waals surface area contributed by atoms with Crippen molar-refractivity contribution >= 4 is 29.0 Å². The Kier molecular flexibility index (Phi) is 5.03. The first-order valence-corrected chi connectivity index (χ1v) is 8.51. The Labute approximate surface area is 158 Å². The standard InChI is InChI=1S/C18H16ClF4N3O/c1-10-7-11(18(21,22)23)8-16(24-10)26-6-5-15(26)17(27)25(2)12-3-4-14(20)13(19)9-12/h3-4,7-9,15H,5-6H2,1-2H3/t15-/m0/s1. The maximum Gasteiger partial charge on any atom is 0.416 e. The number of alkyl halides is 3. The number of aryl methyl sites for hydroxylation is 1. The van der Waals surface area contributed by atoms with E-state index in [1.165, 1.54) is 35.9 Å². The van der Waals surface area contributed by atoms with E-state index >= 15 is 0 Å². The van der Waals surface area contributed by atoms with Gasteiger partial charge in [0.1, 0.15) is 17.7 Å². The summed E-state index contributed by atoms with van der Waals surface area (Å²) in [7, 11) is 1.51. The van der Waals surface area contributed by atoms with Gasteiger partial charge >= 0.3 is 6.18 Å². The van der Waals surface area contributed by atoms with Gasteiger partial charge in [-0.15, -0.1) is 0 Å². The number of benzene rings is 1. The number of amides is 1. The zero-order valence-electron chi connectivity index (χ0n) is 14.5. The Morgan fingerprint density at radius 2 is 2.00 bits per heavy atom. The van der Waals surface area contributed by atoms with Crippen LogP contribution in [0.1, 0.15) is 17.7 Å². The zero-order chi connectivity index (χ0) is 19.9. The van der Waals surface area contributed by atoms with Gasteiger partial charge in [-0.25, -0.2) is 9.37 Å². The molecule has 0 spiro atoms. The molecule has 0 bridgehead atoms. The summed E-state index contributed by atoms with van der Waals surface area (Å²) >= 11 is 5.75.